The quantitative estimate of drug-likeness (QED) is 0.175. The molecule has 7 rings (SSSR count). The molecule has 0 radical (unpaired) electrons. The molecule has 5 aromatic carbocycles. The molecular formula is C40H31N3S. The van der Waals surface area contributed by atoms with Crippen LogP contribution in [0.25, 0.3) is 22.0 Å². The van der Waals surface area contributed by atoms with E-state index in [2.05, 4.69) is 150 Å². The summed E-state index contributed by atoms with van der Waals surface area (Å²) in [4.78, 5) is 7.22. The molecular weight excluding hydrogens is 555 g/mol. The highest BCUT2D eigenvalue weighted by Gasteiger charge is 2.45. The van der Waals surface area contributed by atoms with Gasteiger partial charge in [0.25, 0.3) is 0 Å². The summed E-state index contributed by atoms with van der Waals surface area (Å²) < 4.78 is 4.68. The molecule has 0 amide bonds. The first-order valence-corrected chi connectivity index (χ1v) is 15.5. The first-order chi connectivity index (χ1) is 21.7. The number of benzene rings is 5. The lowest BCUT2D eigenvalue weighted by atomic mass is 9.62. The van der Waals surface area contributed by atoms with Crippen molar-refractivity contribution < 1.29 is 0 Å². The van der Waals surface area contributed by atoms with E-state index in [4.69, 9.17) is 4.98 Å². The Labute approximate surface area is 263 Å². The number of rotatable bonds is 7. The van der Waals surface area contributed by atoms with Crippen molar-refractivity contribution in [3.8, 4) is 22.0 Å². The molecule has 2 heterocycles. The normalized spacial score (nSPS) is 13.8. The van der Waals surface area contributed by atoms with E-state index in [0.29, 0.717) is 0 Å². The summed E-state index contributed by atoms with van der Waals surface area (Å²) >= 11 is 1.43. The molecule has 0 N–H and O–H groups in total. The van der Waals surface area contributed by atoms with Gasteiger partial charge in [0.2, 0.25) is 0 Å². The summed E-state index contributed by atoms with van der Waals surface area (Å²) in [7, 11) is 0. The van der Waals surface area contributed by atoms with Crippen LogP contribution in [0, 0.1) is 0 Å². The molecule has 0 fully saturated rings. The Bertz CT molecular complexity index is 1940. The van der Waals surface area contributed by atoms with Gasteiger partial charge in [0.15, 0.2) is 5.82 Å². The molecule has 44 heavy (non-hydrogen) atoms. The van der Waals surface area contributed by atoms with Crippen molar-refractivity contribution in [2.45, 2.75) is 12.3 Å². The van der Waals surface area contributed by atoms with Gasteiger partial charge in [0.05, 0.1) is 16.8 Å². The molecule has 4 heteroatoms. The van der Waals surface area contributed by atoms with Crippen molar-refractivity contribution in [3.63, 3.8) is 0 Å². The van der Waals surface area contributed by atoms with E-state index < -0.39 is 5.41 Å². The lowest BCUT2D eigenvalue weighted by molar-refractivity contribution is 0.712. The van der Waals surface area contributed by atoms with E-state index in [1.54, 1.807) is 0 Å². The highest BCUT2D eigenvalue weighted by molar-refractivity contribution is 7.09. The summed E-state index contributed by atoms with van der Waals surface area (Å²) in [6.45, 7) is 6.11. The minimum Gasteiger partial charge on any atom is -0.310 e. The first kappa shape index (κ1) is 27.5. The number of nitrogens with zero attached hydrogens (tertiary/aromatic N) is 3. The van der Waals surface area contributed by atoms with Crippen molar-refractivity contribution in [3.05, 3.63) is 187 Å². The number of fused-ring (bicyclic) bond motifs is 2. The Morgan fingerprint density at radius 1 is 0.682 bits per heavy atom. The van der Waals surface area contributed by atoms with Crippen molar-refractivity contribution in [2.24, 2.45) is 0 Å². The van der Waals surface area contributed by atoms with Gasteiger partial charge in [0.1, 0.15) is 5.01 Å². The minimum atomic E-state index is -0.477. The summed E-state index contributed by atoms with van der Waals surface area (Å²) in [5.74, 6) is 0.747. The Kier molecular flexibility index (Phi) is 7.35. The number of allylic oxidation sites excluding steroid dienone is 5. The van der Waals surface area contributed by atoms with E-state index in [1.165, 1.54) is 33.8 Å². The second-order valence-corrected chi connectivity index (χ2v) is 11.5. The van der Waals surface area contributed by atoms with Crippen LogP contribution < -0.4 is 4.90 Å². The van der Waals surface area contributed by atoms with E-state index in [1.807, 2.05) is 30.4 Å². The molecule has 1 aliphatic heterocycles. The van der Waals surface area contributed by atoms with E-state index in [-0.39, 0.29) is 0 Å². The van der Waals surface area contributed by atoms with Crippen molar-refractivity contribution in [2.75, 3.05) is 4.90 Å². The highest BCUT2D eigenvalue weighted by atomic mass is 32.1. The van der Waals surface area contributed by atoms with Crippen LogP contribution in [0.3, 0.4) is 0 Å². The van der Waals surface area contributed by atoms with E-state index in [9.17, 15) is 0 Å². The predicted octanol–water partition coefficient (Wildman–Crippen LogP) is 10.7. The van der Waals surface area contributed by atoms with Gasteiger partial charge in [-0.2, -0.15) is 4.37 Å². The van der Waals surface area contributed by atoms with Gasteiger partial charge in [-0.05, 0) is 71.5 Å². The third-order valence-electron chi connectivity index (χ3n) is 8.32. The average molecular weight is 586 g/mol. The molecule has 0 saturated heterocycles. The van der Waals surface area contributed by atoms with Gasteiger partial charge >= 0.3 is 0 Å². The van der Waals surface area contributed by atoms with Gasteiger partial charge in [-0.3, -0.25) is 0 Å². The van der Waals surface area contributed by atoms with Crippen LogP contribution in [0.15, 0.2) is 170 Å². The zero-order valence-electron chi connectivity index (χ0n) is 24.5. The molecule has 1 aromatic heterocycles. The van der Waals surface area contributed by atoms with Crippen molar-refractivity contribution in [1.82, 2.24) is 9.36 Å². The summed E-state index contributed by atoms with van der Waals surface area (Å²) in [6, 6.07) is 47.3. The number of hydrogen-bond acceptors (Lipinski definition) is 4. The van der Waals surface area contributed by atoms with Crippen LogP contribution in [0.5, 0.6) is 0 Å². The topological polar surface area (TPSA) is 29.0 Å². The molecule has 212 valence electrons. The maximum atomic E-state index is 4.84. The molecule has 0 unspecified atom stereocenters. The van der Waals surface area contributed by atoms with Gasteiger partial charge in [-0.1, -0.05) is 134 Å². The molecule has 6 aromatic rings. The summed E-state index contributed by atoms with van der Waals surface area (Å²) in [5.41, 5.74) is 9.95. The van der Waals surface area contributed by atoms with Crippen LogP contribution in [0.4, 0.5) is 17.1 Å². The summed E-state index contributed by atoms with van der Waals surface area (Å²) in [6.07, 6.45) is 8.10. The molecule has 0 bridgehead atoms. The van der Waals surface area contributed by atoms with E-state index in [0.717, 1.165) is 39.0 Å². The average Bonchev–Trinajstić information content (AvgIpc) is 3.59. The molecule has 0 atom stereocenters. The predicted molar refractivity (Wildman–Crippen MR) is 185 cm³/mol. The number of para-hydroxylation sites is 2. The van der Waals surface area contributed by atoms with Gasteiger partial charge in [-0.15, -0.1) is 0 Å². The molecule has 0 saturated carbocycles. The molecule has 1 aliphatic rings. The highest BCUT2D eigenvalue weighted by Crippen LogP contribution is 2.57. The van der Waals surface area contributed by atoms with Gasteiger partial charge in [-0.25, -0.2) is 4.98 Å². The fourth-order valence-corrected chi connectivity index (χ4v) is 7.07. The third-order valence-corrected chi connectivity index (χ3v) is 9.08. The second kappa shape index (κ2) is 11.8. The van der Waals surface area contributed by atoms with Crippen molar-refractivity contribution >= 4 is 28.6 Å². The Hall–Kier alpha value is -5.32. The minimum absolute atomic E-state index is 0.477. The van der Waals surface area contributed by atoms with Crippen LogP contribution >= 0.6 is 11.5 Å². The van der Waals surface area contributed by atoms with E-state index >= 15 is 0 Å². The molecule has 3 nitrogen and oxygen atoms in total. The summed E-state index contributed by atoms with van der Waals surface area (Å²) in [5, 5.41) is 0.923. The molecule has 0 spiro atoms. The second-order valence-electron chi connectivity index (χ2n) is 10.8. The SMILES string of the molecule is C=C/C=C\C=C(/C)C1(c2ccccc2)c2ccccc2N(c2ccc(-c3nsc(-c4ccccc4)n3)cc2)c2ccccc21. The van der Waals surface area contributed by atoms with Crippen molar-refractivity contribution in [1.29, 1.82) is 0 Å². The van der Waals surface area contributed by atoms with Gasteiger partial charge < -0.3 is 4.90 Å². The zero-order chi connectivity index (χ0) is 29.9. The lowest BCUT2D eigenvalue weighted by Crippen LogP contribution is -2.37. The fourth-order valence-electron chi connectivity index (χ4n) is 6.38. The third kappa shape index (κ3) is 4.61. The fraction of sp³-hybridized carbons (Fsp3) is 0.0500. The smallest absolute Gasteiger partial charge is 0.173 e. The number of anilines is 3. The lowest BCUT2D eigenvalue weighted by Gasteiger charge is -2.46. The van der Waals surface area contributed by atoms with Crippen LogP contribution in [-0.2, 0) is 5.41 Å². The number of aromatic nitrogens is 2. The maximum Gasteiger partial charge on any atom is 0.173 e. The van der Waals surface area contributed by atoms with Crippen LogP contribution in [0.2, 0.25) is 0 Å². The monoisotopic (exact) mass is 585 g/mol. The Morgan fingerprint density at radius 3 is 1.91 bits per heavy atom. The Morgan fingerprint density at radius 2 is 1.27 bits per heavy atom. The maximum absolute atomic E-state index is 4.84. The number of hydrogen-bond donors (Lipinski definition) is 0. The standard InChI is InChI=1S/C40H31N3S/c1-3-4-7-16-29(2)40(32-19-10-6-11-20-32)34-21-12-14-23-36(34)43(37-24-15-13-22-35(37)40)33-27-25-30(26-28-33)38-41-39(44-42-38)31-17-8-5-9-18-31/h3-28H,1H2,2H3/b7-4-,29-16+. The zero-order valence-corrected chi connectivity index (χ0v) is 25.3. The largest absolute Gasteiger partial charge is 0.310 e. The van der Waals surface area contributed by atoms with Crippen LogP contribution in [0.1, 0.15) is 23.6 Å². The van der Waals surface area contributed by atoms with Gasteiger partial charge in [0, 0.05) is 16.8 Å². The van der Waals surface area contributed by atoms with Crippen LogP contribution in [-0.4, -0.2) is 9.36 Å². The first-order valence-electron chi connectivity index (χ1n) is 14.7. The Balaban J connectivity index is 1.38. The molecule has 0 aliphatic carbocycles.